The topological polar surface area (TPSA) is 9.23 Å². The second-order valence-electron chi connectivity index (χ2n) is 4.38. The van der Waals surface area contributed by atoms with E-state index in [1.807, 2.05) is 52.9 Å². The Morgan fingerprint density at radius 3 is 2.35 bits per heavy atom. The predicted molar refractivity (Wildman–Crippen MR) is 79.7 cm³/mol. The van der Waals surface area contributed by atoms with Gasteiger partial charge in [-0.15, -0.1) is 0 Å². The molecule has 0 aromatic heterocycles. The fourth-order valence-corrected chi connectivity index (χ4v) is 2.21. The van der Waals surface area contributed by atoms with Gasteiger partial charge >= 0.3 is 6.18 Å². The third kappa shape index (κ3) is 3.65. The molecule has 0 aliphatic heterocycles. The molecule has 5 heteroatoms. The molecule has 0 bridgehead atoms. The SMILES string of the molecule is Cc1cc(C(F)(F)F)cc(OCc2ccccc2)c1I. The minimum atomic E-state index is -4.36. The van der Waals surface area contributed by atoms with Crippen molar-refractivity contribution in [1.82, 2.24) is 0 Å². The van der Waals surface area contributed by atoms with Gasteiger partial charge in [-0.1, -0.05) is 30.3 Å². The van der Waals surface area contributed by atoms with Gasteiger partial charge in [0.25, 0.3) is 0 Å². The molecule has 0 saturated carbocycles. The molecule has 20 heavy (non-hydrogen) atoms. The molecule has 2 rings (SSSR count). The second-order valence-corrected chi connectivity index (χ2v) is 5.46. The Kier molecular flexibility index (Phi) is 4.57. The van der Waals surface area contributed by atoms with Crippen LogP contribution in [-0.4, -0.2) is 0 Å². The van der Waals surface area contributed by atoms with Gasteiger partial charge in [0.2, 0.25) is 0 Å². The van der Waals surface area contributed by atoms with Crippen LogP contribution in [0, 0.1) is 10.5 Å². The van der Waals surface area contributed by atoms with E-state index in [4.69, 9.17) is 4.74 Å². The van der Waals surface area contributed by atoms with Gasteiger partial charge in [0.15, 0.2) is 0 Å². The smallest absolute Gasteiger partial charge is 0.416 e. The number of benzene rings is 2. The molecule has 0 N–H and O–H groups in total. The minimum absolute atomic E-state index is 0.248. The Bertz CT molecular complexity index is 594. The van der Waals surface area contributed by atoms with Crippen molar-refractivity contribution >= 4 is 22.6 Å². The zero-order valence-corrected chi connectivity index (χ0v) is 12.8. The van der Waals surface area contributed by atoms with Crippen LogP contribution in [0.15, 0.2) is 42.5 Å². The normalized spacial score (nSPS) is 11.4. The van der Waals surface area contributed by atoms with Crippen LogP contribution in [0.25, 0.3) is 0 Å². The lowest BCUT2D eigenvalue weighted by atomic mass is 10.1. The summed E-state index contributed by atoms with van der Waals surface area (Å²) in [6.07, 6.45) is -4.36. The van der Waals surface area contributed by atoms with Crippen molar-refractivity contribution < 1.29 is 17.9 Å². The first kappa shape index (κ1) is 15.2. The van der Waals surface area contributed by atoms with Crippen molar-refractivity contribution in [2.45, 2.75) is 19.7 Å². The highest BCUT2D eigenvalue weighted by atomic mass is 127. The van der Waals surface area contributed by atoms with E-state index >= 15 is 0 Å². The Balaban J connectivity index is 2.25. The van der Waals surface area contributed by atoms with Crippen LogP contribution in [0.2, 0.25) is 0 Å². The van der Waals surface area contributed by atoms with Crippen molar-refractivity contribution in [3.8, 4) is 5.75 Å². The summed E-state index contributed by atoms with van der Waals surface area (Å²) in [5.74, 6) is 0.266. The quantitative estimate of drug-likeness (QED) is 0.653. The van der Waals surface area contributed by atoms with Crippen LogP contribution in [0.4, 0.5) is 13.2 Å². The Morgan fingerprint density at radius 1 is 1.10 bits per heavy atom. The molecule has 0 spiro atoms. The zero-order valence-electron chi connectivity index (χ0n) is 10.7. The monoisotopic (exact) mass is 392 g/mol. The van der Waals surface area contributed by atoms with E-state index in [0.717, 1.165) is 17.7 Å². The molecular formula is C15H12F3IO. The number of hydrogen-bond acceptors (Lipinski definition) is 1. The van der Waals surface area contributed by atoms with E-state index < -0.39 is 11.7 Å². The van der Waals surface area contributed by atoms with Crippen LogP contribution in [0.1, 0.15) is 16.7 Å². The van der Waals surface area contributed by atoms with Gasteiger partial charge in [-0.25, -0.2) is 0 Å². The standard InChI is InChI=1S/C15H12F3IO/c1-10-7-12(15(16,17)18)8-13(14(10)19)20-9-11-5-3-2-4-6-11/h2-8H,9H2,1H3. The third-order valence-corrected chi connectivity index (χ3v) is 4.17. The van der Waals surface area contributed by atoms with Gasteiger partial charge in [-0.2, -0.15) is 13.2 Å². The minimum Gasteiger partial charge on any atom is -0.488 e. The van der Waals surface area contributed by atoms with Crippen LogP contribution in [0.5, 0.6) is 5.75 Å². The molecule has 0 radical (unpaired) electrons. The summed E-state index contributed by atoms with van der Waals surface area (Å²) in [6.45, 7) is 1.89. The van der Waals surface area contributed by atoms with Gasteiger partial charge < -0.3 is 4.74 Å². The molecule has 0 heterocycles. The lowest BCUT2D eigenvalue weighted by molar-refractivity contribution is -0.137. The highest BCUT2D eigenvalue weighted by Crippen LogP contribution is 2.35. The summed E-state index contributed by atoms with van der Waals surface area (Å²) in [4.78, 5) is 0. The summed E-state index contributed by atoms with van der Waals surface area (Å²) in [6, 6.07) is 11.5. The fraction of sp³-hybridized carbons (Fsp3) is 0.200. The van der Waals surface area contributed by atoms with Gasteiger partial charge in [0.05, 0.1) is 9.13 Å². The van der Waals surface area contributed by atoms with Crippen molar-refractivity contribution in [3.63, 3.8) is 0 Å². The summed E-state index contributed by atoms with van der Waals surface area (Å²) in [5.41, 5.74) is 0.792. The predicted octanol–water partition coefficient (Wildman–Crippen LogP) is 5.20. The molecular weight excluding hydrogens is 380 g/mol. The van der Waals surface area contributed by atoms with Crippen molar-refractivity contribution in [2.75, 3.05) is 0 Å². The van der Waals surface area contributed by atoms with Gasteiger partial charge in [0.1, 0.15) is 12.4 Å². The van der Waals surface area contributed by atoms with Crippen molar-refractivity contribution in [1.29, 1.82) is 0 Å². The number of alkyl halides is 3. The average Bonchev–Trinajstić information content (AvgIpc) is 2.40. The van der Waals surface area contributed by atoms with E-state index in [9.17, 15) is 13.2 Å². The highest BCUT2D eigenvalue weighted by molar-refractivity contribution is 14.1. The van der Waals surface area contributed by atoms with E-state index in [1.165, 1.54) is 0 Å². The molecule has 0 aliphatic carbocycles. The molecule has 0 fully saturated rings. The average molecular weight is 392 g/mol. The number of hydrogen-bond donors (Lipinski definition) is 0. The first-order valence-corrected chi connectivity index (χ1v) is 7.00. The molecule has 0 aliphatic rings. The summed E-state index contributed by atoms with van der Waals surface area (Å²) < 4.78 is 44.6. The molecule has 2 aromatic carbocycles. The molecule has 0 unspecified atom stereocenters. The Labute approximate surface area is 128 Å². The molecule has 0 saturated heterocycles. The van der Waals surface area contributed by atoms with Crippen LogP contribution in [-0.2, 0) is 12.8 Å². The molecule has 106 valence electrons. The van der Waals surface area contributed by atoms with Gasteiger partial charge in [0, 0.05) is 0 Å². The van der Waals surface area contributed by atoms with Crippen LogP contribution < -0.4 is 4.74 Å². The second kappa shape index (κ2) is 6.03. The Hall–Kier alpha value is -1.24. The van der Waals surface area contributed by atoms with E-state index in [1.54, 1.807) is 6.92 Å². The summed E-state index contributed by atoms with van der Waals surface area (Å²) in [5, 5.41) is 0. The lowest BCUT2D eigenvalue weighted by Gasteiger charge is -2.14. The van der Waals surface area contributed by atoms with Crippen molar-refractivity contribution in [3.05, 3.63) is 62.7 Å². The lowest BCUT2D eigenvalue weighted by Crippen LogP contribution is -2.07. The number of rotatable bonds is 3. The number of aryl methyl sites for hydroxylation is 1. The first-order valence-electron chi connectivity index (χ1n) is 5.92. The van der Waals surface area contributed by atoms with Crippen LogP contribution in [0.3, 0.4) is 0 Å². The summed E-state index contributed by atoms with van der Waals surface area (Å²) in [7, 11) is 0. The molecule has 1 nitrogen and oxygen atoms in total. The molecule has 0 amide bonds. The molecule has 2 aromatic rings. The van der Waals surface area contributed by atoms with Crippen molar-refractivity contribution in [2.24, 2.45) is 0 Å². The number of halogens is 4. The highest BCUT2D eigenvalue weighted by Gasteiger charge is 2.31. The third-order valence-electron chi connectivity index (χ3n) is 2.79. The first-order chi connectivity index (χ1) is 9.38. The van der Waals surface area contributed by atoms with E-state index in [0.29, 0.717) is 9.13 Å². The maximum Gasteiger partial charge on any atom is 0.416 e. The van der Waals surface area contributed by atoms with E-state index in [2.05, 4.69) is 0 Å². The fourth-order valence-electron chi connectivity index (χ4n) is 1.74. The summed E-state index contributed by atoms with van der Waals surface area (Å²) >= 11 is 2.00. The zero-order chi connectivity index (χ0) is 14.8. The number of ether oxygens (including phenoxy) is 1. The van der Waals surface area contributed by atoms with E-state index in [-0.39, 0.29) is 12.4 Å². The van der Waals surface area contributed by atoms with Crippen LogP contribution >= 0.6 is 22.6 Å². The van der Waals surface area contributed by atoms with Gasteiger partial charge in [-0.3, -0.25) is 0 Å². The largest absolute Gasteiger partial charge is 0.488 e. The maximum absolute atomic E-state index is 12.8. The maximum atomic E-state index is 12.8. The Morgan fingerprint density at radius 2 is 1.75 bits per heavy atom. The van der Waals surface area contributed by atoms with Gasteiger partial charge in [-0.05, 0) is 52.8 Å². The molecule has 0 atom stereocenters.